The van der Waals surface area contributed by atoms with Gasteiger partial charge >= 0.3 is 0 Å². The van der Waals surface area contributed by atoms with Crippen molar-refractivity contribution in [3.63, 3.8) is 0 Å². The fraction of sp³-hybridized carbons (Fsp3) is 0.294. The van der Waals surface area contributed by atoms with E-state index in [1.807, 2.05) is 0 Å². The first-order chi connectivity index (χ1) is 16.7. The summed E-state index contributed by atoms with van der Waals surface area (Å²) >= 11 is 0. The number of rotatable bonds is 7. The van der Waals surface area contributed by atoms with E-state index in [0.29, 0.717) is 18.4 Å². The minimum absolute atomic E-state index is 0. The highest BCUT2D eigenvalue weighted by Crippen LogP contribution is 2.33. The fourth-order valence-electron chi connectivity index (χ4n) is 4.90. The number of fused-ring (bicyclic) bond motifs is 3. The third-order valence-corrected chi connectivity index (χ3v) is 7.10. The molecule has 5 rings (SSSR count). The molecule has 2 atom stereocenters. The predicted octanol–water partition coefficient (Wildman–Crippen LogP) is 11.1. The van der Waals surface area contributed by atoms with E-state index in [-0.39, 0.29) is 29.7 Å². The number of hydrogen-bond acceptors (Lipinski definition) is 1. The number of hydrogen-bond donors (Lipinski definition) is 0. The van der Waals surface area contributed by atoms with E-state index >= 15 is 0 Å². The molecule has 0 saturated heterocycles. The Morgan fingerprint density at radius 3 is 1.50 bits per heavy atom. The van der Waals surface area contributed by atoms with Crippen molar-refractivity contribution < 1.29 is 0 Å². The molecule has 2 unspecified atom stereocenters. The Balaban J connectivity index is 0.00000180. The van der Waals surface area contributed by atoms with Crippen molar-refractivity contribution in [1.29, 1.82) is 0 Å². The highest BCUT2D eigenvalue weighted by molar-refractivity contribution is 6.08. The molecule has 4 nitrogen and oxygen atoms in total. The molecule has 0 radical (unpaired) electrons. The van der Waals surface area contributed by atoms with Crippen LogP contribution in [0, 0.1) is 0 Å². The van der Waals surface area contributed by atoms with Gasteiger partial charge in [-0.1, -0.05) is 134 Å². The zero-order valence-electron chi connectivity index (χ0n) is 19.6. The van der Waals surface area contributed by atoms with Gasteiger partial charge in [0.15, 0.2) is 0 Å². The van der Waals surface area contributed by atoms with Crippen LogP contribution in [-0.2, 0) is 13.1 Å². The van der Waals surface area contributed by atoms with Gasteiger partial charge in [0, 0.05) is 33.3 Å². The second-order valence-electron chi connectivity index (χ2n) is 9.07. The van der Waals surface area contributed by atoms with Gasteiger partial charge in [-0.2, -0.15) is 0 Å². The van der Waals surface area contributed by atoms with Gasteiger partial charge in [-0.05, 0) is 51.8 Å². The van der Waals surface area contributed by atoms with Gasteiger partial charge in [0.25, 0.3) is 0 Å². The van der Waals surface area contributed by atoms with Gasteiger partial charge < -0.3 is 4.57 Å². The Bertz CT molecular complexity index is 1420. The summed E-state index contributed by atoms with van der Waals surface area (Å²) < 4.78 is 2.42. The van der Waals surface area contributed by atoms with Crippen molar-refractivity contribution >= 4 is 21.8 Å². The first-order valence-electron chi connectivity index (χ1n) is 11.8. The Hall–Kier alpha value is -4.01. The van der Waals surface area contributed by atoms with Crippen LogP contribution in [0.1, 0.15) is 77.6 Å². The summed E-state index contributed by atoms with van der Waals surface area (Å²) in [5.41, 5.74) is 16.0. The van der Waals surface area contributed by atoms with E-state index < -0.39 is 0 Å². The van der Waals surface area contributed by atoms with Gasteiger partial charge in [0.1, 0.15) is 0 Å². The van der Waals surface area contributed by atoms with E-state index in [1.54, 1.807) is 0 Å². The van der Waals surface area contributed by atoms with Crippen LogP contribution in [0.15, 0.2) is 102 Å². The molecule has 4 aromatic carbocycles. The van der Waals surface area contributed by atoms with E-state index in [9.17, 15) is 0 Å². The van der Waals surface area contributed by atoms with Crippen molar-refractivity contribution in [3.05, 3.63) is 130 Å². The second-order valence-corrected chi connectivity index (χ2v) is 9.07. The number of nitrogens with zero attached hydrogens (tertiary/aromatic N) is 4. The molecule has 1 aromatic heterocycles. The molecule has 0 spiro atoms. The van der Waals surface area contributed by atoms with Crippen LogP contribution in [0.5, 0.6) is 0 Å². The molecule has 0 N–H and O–H groups in total. The third-order valence-electron chi connectivity index (χ3n) is 7.10. The molecular formula is C34H44N4. The summed E-state index contributed by atoms with van der Waals surface area (Å²) in [4.78, 5) is 2.84. The Kier molecular flexibility index (Phi) is 11.9. The molecule has 0 aliphatic carbocycles. The largest absolute Gasteiger partial charge is 0.336 e. The average molecular weight is 509 g/mol. The summed E-state index contributed by atoms with van der Waals surface area (Å²) in [6.45, 7) is 5.82. The predicted molar refractivity (Wildman–Crippen MR) is 168 cm³/mol. The van der Waals surface area contributed by atoms with Crippen molar-refractivity contribution in [2.24, 2.45) is 5.11 Å². The van der Waals surface area contributed by atoms with E-state index in [0.717, 1.165) is 12.1 Å². The highest BCUT2D eigenvalue weighted by atomic mass is 15.1. The summed E-state index contributed by atoms with van der Waals surface area (Å²) in [6.07, 6.45) is 0. The van der Waals surface area contributed by atoms with Crippen LogP contribution in [0.2, 0.25) is 0 Å². The maximum Gasteiger partial charge on any atom is 0.0510 e. The Labute approximate surface area is 229 Å². The van der Waals surface area contributed by atoms with Gasteiger partial charge in [-0.15, -0.1) is 0 Å². The molecule has 0 bridgehead atoms. The first-order valence-corrected chi connectivity index (χ1v) is 11.8. The smallest absolute Gasteiger partial charge is 0.0510 e. The molecule has 4 heteroatoms. The van der Waals surface area contributed by atoms with Crippen molar-refractivity contribution in [1.82, 2.24) is 4.57 Å². The lowest BCUT2D eigenvalue weighted by Crippen LogP contribution is -2.06. The fourth-order valence-corrected chi connectivity index (χ4v) is 4.90. The van der Waals surface area contributed by atoms with Crippen LogP contribution in [0.25, 0.3) is 32.2 Å². The van der Waals surface area contributed by atoms with Crippen LogP contribution in [0.4, 0.5) is 0 Å². The van der Waals surface area contributed by atoms with Crippen molar-refractivity contribution in [3.8, 4) is 0 Å². The molecule has 0 aliphatic rings. The molecule has 0 fully saturated rings. The van der Waals surface area contributed by atoms with Crippen LogP contribution in [0.3, 0.4) is 0 Å². The van der Waals surface area contributed by atoms with Crippen LogP contribution >= 0.6 is 0 Å². The normalized spacial score (nSPS) is 11.6. The lowest BCUT2D eigenvalue weighted by molar-refractivity contribution is 0.623. The standard InChI is InChI=1S/C30H28N4.4CH4/c1-21(25-15-11-23(12-16-25)19-32-33-31)22(2)26-17-13-24(14-18-26)20-34-29-9-5-3-7-27(29)28-8-4-6-10-30(28)34;;;;/h3-18,21-22H,19-20H2,1-2H3;4*1H4. The Morgan fingerprint density at radius 2 is 1.05 bits per heavy atom. The average Bonchev–Trinajstić information content (AvgIpc) is 3.21. The Morgan fingerprint density at radius 1 is 0.632 bits per heavy atom. The first kappa shape index (κ1) is 32.0. The van der Waals surface area contributed by atoms with Crippen LogP contribution < -0.4 is 0 Å². The lowest BCUT2D eigenvalue weighted by Gasteiger charge is -2.21. The molecule has 5 aromatic rings. The number of azide groups is 1. The molecule has 0 saturated carbocycles. The summed E-state index contributed by atoms with van der Waals surface area (Å²) in [5.74, 6) is 0.780. The van der Waals surface area contributed by atoms with Crippen LogP contribution in [-0.4, -0.2) is 4.57 Å². The summed E-state index contributed by atoms with van der Waals surface area (Å²) in [5, 5.41) is 6.26. The SMILES string of the molecule is C.C.C.C.CC(c1ccc(CN=[N+]=[N-])cc1)C(C)c1ccc(Cn2c3ccccc3c3ccccc32)cc1. The van der Waals surface area contributed by atoms with E-state index in [1.165, 1.54) is 38.5 Å². The van der Waals surface area contributed by atoms with Gasteiger partial charge in [-0.25, -0.2) is 0 Å². The van der Waals surface area contributed by atoms with Gasteiger partial charge in [-0.3, -0.25) is 0 Å². The minimum atomic E-state index is 0. The molecular weight excluding hydrogens is 464 g/mol. The number of aromatic nitrogens is 1. The van der Waals surface area contributed by atoms with E-state index in [4.69, 9.17) is 5.53 Å². The second kappa shape index (κ2) is 14.1. The maximum atomic E-state index is 8.51. The molecule has 0 amide bonds. The minimum Gasteiger partial charge on any atom is -0.336 e. The topological polar surface area (TPSA) is 53.7 Å². The van der Waals surface area contributed by atoms with E-state index in [2.05, 4.69) is 126 Å². The quantitative estimate of drug-likeness (QED) is 0.119. The third kappa shape index (κ3) is 6.27. The summed E-state index contributed by atoms with van der Waals surface area (Å²) in [6, 6.07) is 34.8. The zero-order valence-corrected chi connectivity index (χ0v) is 19.6. The van der Waals surface area contributed by atoms with Crippen molar-refractivity contribution in [2.45, 2.75) is 68.5 Å². The van der Waals surface area contributed by atoms with Gasteiger partial charge in [0.05, 0.1) is 6.54 Å². The summed E-state index contributed by atoms with van der Waals surface area (Å²) in [7, 11) is 0. The number of benzene rings is 4. The van der Waals surface area contributed by atoms with Gasteiger partial charge in [0.2, 0.25) is 0 Å². The highest BCUT2D eigenvalue weighted by Gasteiger charge is 2.17. The zero-order chi connectivity index (χ0) is 23.5. The molecule has 200 valence electrons. The van der Waals surface area contributed by atoms with Crippen molar-refractivity contribution in [2.75, 3.05) is 0 Å². The monoisotopic (exact) mass is 508 g/mol. The maximum absolute atomic E-state index is 8.51. The molecule has 38 heavy (non-hydrogen) atoms. The molecule has 1 heterocycles. The lowest BCUT2D eigenvalue weighted by atomic mass is 9.83. The number of para-hydroxylation sites is 2. The molecule has 0 aliphatic heterocycles.